The van der Waals surface area contributed by atoms with Crippen LogP contribution >= 0.6 is 0 Å². The minimum atomic E-state index is -0.191. The molecule has 0 heterocycles. The van der Waals surface area contributed by atoms with Gasteiger partial charge in [-0.3, -0.25) is 0 Å². The smallest absolute Gasteiger partial charge is 0.330 e. The molecule has 1 saturated carbocycles. The highest BCUT2D eigenvalue weighted by atomic mass is 16.5. The van der Waals surface area contributed by atoms with E-state index in [1.165, 1.54) is 51.4 Å². The highest BCUT2D eigenvalue weighted by Gasteiger charge is 2.22. The second kappa shape index (κ2) is 9.18. The van der Waals surface area contributed by atoms with Crippen LogP contribution in [0.15, 0.2) is 12.2 Å². The molecule has 2 heteroatoms. The molecule has 0 aromatic heterocycles. The van der Waals surface area contributed by atoms with Crippen LogP contribution in [0.5, 0.6) is 0 Å². The van der Waals surface area contributed by atoms with E-state index >= 15 is 0 Å². The first kappa shape index (κ1) is 15.3. The second-order valence-electron chi connectivity index (χ2n) is 5.40. The van der Waals surface area contributed by atoms with Gasteiger partial charge in [0, 0.05) is 6.08 Å². The van der Waals surface area contributed by atoms with Crippen molar-refractivity contribution in [1.82, 2.24) is 0 Å². The topological polar surface area (TPSA) is 26.3 Å². The van der Waals surface area contributed by atoms with Gasteiger partial charge >= 0.3 is 5.97 Å². The molecule has 0 N–H and O–H groups in total. The van der Waals surface area contributed by atoms with E-state index in [-0.39, 0.29) is 5.97 Å². The Balaban J connectivity index is 2.14. The first-order valence-corrected chi connectivity index (χ1v) is 7.61. The third-order valence-electron chi connectivity index (χ3n) is 3.84. The molecule has 0 aromatic carbocycles. The monoisotopic (exact) mass is 252 g/mol. The van der Waals surface area contributed by atoms with Gasteiger partial charge in [-0.15, -0.1) is 0 Å². The van der Waals surface area contributed by atoms with Gasteiger partial charge in [0.15, 0.2) is 0 Å². The normalized spacial score (nSPS) is 23.7. The van der Waals surface area contributed by atoms with Gasteiger partial charge in [-0.1, -0.05) is 45.1 Å². The molecule has 104 valence electrons. The van der Waals surface area contributed by atoms with Crippen molar-refractivity contribution < 1.29 is 9.53 Å². The molecule has 0 spiro atoms. The molecule has 0 bridgehead atoms. The zero-order valence-electron chi connectivity index (χ0n) is 12.0. The number of carbonyl (C=O) groups excluding carboxylic acids is 1. The molecule has 1 aliphatic rings. The summed E-state index contributed by atoms with van der Waals surface area (Å²) in [4.78, 5) is 11.2. The van der Waals surface area contributed by atoms with Crippen molar-refractivity contribution in [1.29, 1.82) is 0 Å². The lowest BCUT2D eigenvalue weighted by atomic mass is 9.98. The van der Waals surface area contributed by atoms with E-state index < -0.39 is 0 Å². The molecule has 18 heavy (non-hydrogen) atoms. The summed E-state index contributed by atoms with van der Waals surface area (Å²) in [5.74, 6) is 1.30. The molecule has 0 amide bonds. The lowest BCUT2D eigenvalue weighted by Gasteiger charge is -2.08. The first-order valence-electron chi connectivity index (χ1n) is 7.61. The van der Waals surface area contributed by atoms with Crippen LogP contribution < -0.4 is 0 Å². The predicted molar refractivity (Wildman–Crippen MR) is 75.4 cm³/mol. The zero-order chi connectivity index (χ0) is 13.2. The van der Waals surface area contributed by atoms with Crippen molar-refractivity contribution in [3.63, 3.8) is 0 Å². The van der Waals surface area contributed by atoms with Crippen molar-refractivity contribution >= 4 is 5.97 Å². The number of rotatable bonds is 8. The van der Waals surface area contributed by atoms with E-state index in [0.29, 0.717) is 12.5 Å². The summed E-state index contributed by atoms with van der Waals surface area (Å²) >= 11 is 0. The summed E-state index contributed by atoms with van der Waals surface area (Å²) in [6, 6.07) is 0. The van der Waals surface area contributed by atoms with Crippen LogP contribution in [-0.2, 0) is 9.53 Å². The average Bonchev–Trinajstić information content (AvgIpc) is 2.81. The van der Waals surface area contributed by atoms with Gasteiger partial charge in [-0.05, 0) is 38.0 Å². The van der Waals surface area contributed by atoms with Crippen molar-refractivity contribution in [2.45, 2.75) is 65.2 Å². The number of hydrogen-bond acceptors (Lipinski definition) is 2. The van der Waals surface area contributed by atoms with Crippen LogP contribution in [0.3, 0.4) is 0 Å². The van der Waals surface area contributed by atoms with Gasteiger partial charge in [-0.25, -0.2) is 4.79 Å². The van der Waals surface area contributed by atoms with Crippen LogP contribution in [0.4, 0.5) is 0 Å². The van der Waals surface area contributed by atoms with Gasteiger partial charge in [0.25, 0.3) is 0 Å². The molecular weight excluding hydrogens is 224 g/mol. The number of hydrogen-bond donors (Lipinski definition) is 0. The Morgan fingerprint density at radius 1 is 1.22 bits per heavy atom. The number of esters is 1. The van der Waals surface area contributed by atoms with E-state index in [1.54, 1.807) is 6.08 Å². The van der Waals surface area contributed by atoms with Crippen molar-refractivity contribution in [3.8, 4) is 0 Å². The largest absolute Gasteiger partial charge is 0.463 e. The third kappa shape index (κ3) is 6.23. The van der Waals surface area contributed by atoms with Gasteiger partial charge in [0.2, 0.25) is 0 Å². The zero-order valence-corrected chi connectivity index (χ0v) is 12.0. The Labute approximate surface area is 112 Å². The number of carbonyl (C=O) groups is 1. The maximum absolute atomic E-state index is 11.2. The molecule has 0 aliphatic heterocycles. The molecule has 1 rings (SSSR count). The maximum atomic E-state index is 11.2. The van der Waals surface area contributed by atoms with E-state index in [1.807, 2.05) is 6.92 Å². The number of unbranched alkanes of at least 4 members (excludes halogenated alkanes) is 3. The predicted octanol–water partition coefficient (Wildman–Crippen LogP) is 4.49. The summed E-state index contributed by atoms with van der Waals surface area (Å²) in [6.07, 6.45) is 14.4. The Hall–Kier alpha value is -0.790. The summed E-state index contributed by atoms with van der Waals surface area (Å²) in [7, 11) is 0. The van der Waals surface area contributed by atoms with Crippen LogP contribution in [0.2, 0.25) is 0 Å². The van der Waals surface area contributed by atoms with Gasteiger partial charge in [-0.2, -0.15) is 0 Å². The lowest BCUT2D eigenvalue weighted by Crippen LogP contribution is -2.00. The molecule has 2 atom stereocenters. The van der Waals surface area contributed by atoms with Crippen LogP contribution in [-0.4, -0.2) is 12.6 Å². The molecule has 1 aliphatic carbocycles. The SMILES string of the molecule is CCCCCCC1CCC(C=CC(=O)OCC)C1. The lowest BCUT2D eigenvalue weighted by molar-refractivity contribution is -0.137. The minimum absolute atomic E-state index is 0.191. The Kier molecular flexibility index (Phi) is 7.79. The quantitative estimate of drug-likeness (QED) is 0.361. The molecule has 2 unspecified atom stereocenters. The molecule has 1 fully saturated rings. The van der Waals surface area contributed by atoms with Gasteiger partial charge in [0.1, 0.15) is 0 Å². The van der Waals surface area contributed by atoms with Crippen LogP contribution in [0.1, 0.15) is 65.2 Å². The molecule has 0 aromatic rings. The number of ether oxygens (including phenoxy) is 1. The maximum Gasteiger partial charge on any atom is 0.330 e. The fourth-order valence-corrected chi connectivity index (χ4v) is 2.82. The Bertz CT molecular complexity index is 258. The summed E-state index contributed by atoms with van der Waals surface area (Å²) < 4.78 is 4.89. The van der Waals surface area contributed by atoms with Gasteiger partial charge < -0.3 is 4.74 Å². The first-order chi connectivity index (χ1) is 8.76. The summed E-state index contributed by atoms with van der Waals surface area (Å²) in [5.41, 5.74) is 0. The van der Waals surface area contributed by atoms with Crippen molar-refractivity contribution in [3.05, 3.63) is 12.2 Å². The van der Waals surface area contributed by atoms with Gasteiger partial charge in [0.05, 0.1) is 6.61 Å². The highest BCUT2D eigenvalue weighted by Crippen LogP contribution is 2.35. The van der Waals surface area contributed by atoms with E-state index in [4.69, 9.17) is 4.74 Å². The van der Waals surface area contributed by atoms with Crippen LogP contribution in [0.25, 0.3) is 0 Å². The molecule has 2 nitrogen and oxygen atoms in total. The molecule has 0 saturated heterocycles. The van der Waals surface area contributed by atoms with Crippen LogP contribution in [0, 0.1) is 11.8 Å². The van der Waals surface area contributed by atoms with E-state index in [2.05, 4.69) is 13.0 Å². The Morgan fingerprint density at radius 2 is 2.06 bits per heavy atom. The second-order valence-corrected chi connectivity index (χ2v) is 5.40. The van der Waals surface area contributed by atoms with Crippen molar-refractivity contribution in [2.75, 3.05) is 6.61 Å². The highest BCUT2D eigenvalue weighted by molar-refractivity contribution is 5.81. The van der Waals surface area contributed by atoms with E-state index in [0.717, 1.165) is 5.92 Å². The summed E-state index contributed by atoms with van der Waals surface area (Å²) in [5, 5.41) is 0. The standard InChI is InChI=1S/C16H28O2/c1-3-5-6-7-8-14-9-10-15(13-14)11-12-16(17)18-4-2/h11-12,14-15H,3-10,13H2,1-2H3. The minimum Gasteiger partial charge on any atom is -0.463 e. The average molecular weight is 252 g/mol. The molecule has 0 radical (unpaired) electrons. The number of allylic oxidation sites excluding steroid dienone is 1. The summed E-state index contributed by atoms with van der Waals surface area (Å²) in [6.45, 7) is 4.56. The van der Waals surface area contributed by atoms with Crippen molar-refractivity contribution in [2.24, 2.45) is 11.8 Å². The van der Waals surface area contributed by atoms with E-state index in [9.17, 15) is 4.79 Å². The Morgan fingerprint density at radius 3 is 2.78 bits per heavy atom. The fourth-order valence-electron chi connectivity index (χ4n) is 2.82. The third-order valence-corrected chi connectivity index (χ3v) is 3.84. The molecular formula is C16H28O2. The fraction of sp³-hybridized carbons (Fsp3) is 0.812.